The Labute approximate surface area is 127 Å². The van der Waals surface area contributed by atoms with Gasteiger partial charge >= 0.3 is 0 Å². The van der Waals surface area contributed by atoms with Gasteiger partial charge in [-0.05, 0) is 44.9 Å². The SMILES string of the molecule is CCNCc1c(N2C(C)CCC2CC)nc2ccccn12. The predicted molar refractivity (Wildman–Crippen MR) is 87.8 cm³/mol. The summed E-state index contributed by atoms with van der Waals surface area (Å²) in [5.41, 5.74) is 2.34. The normalized spacial score (nSPS) is 22.3. The van der Waals surface area contributed by atoms with Crippen LogP contribution in [0.15, 0.2) is 24.4 Å². The fraction of sp³-hybridized carbons (Fsp3) is 0.588. The van der Waals surface area contributed by atoms with Crippen molar-refractivity contribution in [2.24, 2.45) is 0 Å². The Bertz CT molecular complexity index is 604. The van der Waals surface area contributed by atoms with Gasteiger partial charge in [0.2, 0.25) is 0 Å². The van der Waals surface area contributed by atoms with Crippen molar-refractivity contribution in [3.8, 4) is 0 Å². The third-order valence-electron chi connectivity index (χ3n) is 4.65. The maximum absolute atomic E-state index is 4.95. The summed E-state index contributed by atoms with van der Waals surface area (Å²) in [6.45, 7) is 8.62. The van der Waals surface area contributed by atoms with E-state index in [0.29, 0.717) is 12.1 Å². The molecule has 4 heteroatoms. The van der Waals surface area contributed by atoms with Crippen LogP contribution in [0.25, 0.3) is 5.65 Å². The molecule has 2 aromatic rings. The van der Waals surface area contributed by atoms with E-state index >= 15 is 0 Å². The van der Waals surface area contributed by atoms with E-state index in [0.717, 1.165) is 18.7 Å². The standard InChI is InChI=1S/C17H26N4/c1-4-14-10-9-13(3)21(14)17-15(12-18-5-2)20-11-7-6-8-16(20)19-17/h6-8,11,13-14,18H,4-5,9-10,12H2,1-3H3. The zero-order valence-corrected chi connectivity index (χ0v) is 13.3. The van der Waals surface area contributed by atoms with Gasteiger partial charge in [0.1, 0.15) is 5.65 Å². The first-order chi connectivity index (χ1) is 10.3. The van der Waals surface area contributed by atoms with Crippen LogP contribution >= 0.6 is 0 Å². The van der Waals surface area contributed by atoms with Crippen LogP contribution in [0.1, 0.15) is 45.7 Å². The molecule has 0 aliphatic carbocycles. The van der Waals surface area contributed by atoms with Gasteiger partial charge in [-0.2, -0.15) is 0 Å². The molecule has 0 aromatic carbocycles. The number of nitrogens with one attached hydrogen (secondary N) is 1. The van der Waals surface area contributed by atoms with Crippen molar-refractivity contribution in [3.05, 3.63) is 30.1 Å². The largest absolute Gasteiger partial charge is 0.349 e. The zero-order valence-electron chi connectivity index (χ0n) is 13.3. The maximum Gasteiger partial charge on any atom is 0.152 e. The molecule has 0 radical (unpaired) electrons. The fourth-order valence-corrected chi connectivity index (χ4v) is 3.50. The van der Waals surface area contributed by atoms with E-state index in [4.69, 9.17) is 4.98 Å². The van der Waals surface area contributed by atoms with Crippen molar-refractivity contribution in [1.29, 1.82) is 0 Å². The lowest BCUT2D eigenvalue weighted by Gasteiger charge is -2.29. The highest BCUT2D eigenvalue weighted by Gasteiger charge is 2.32. The van der Waals surface area contributed by atoms with Gasteiger partial charge in [-0.25, -0.2) is 4.98 Å². The average molecular weight is 286 g/mol. The highest BCUT2D eigenvalue weighted by atomic mass is 15.3. The van der Waals surface area contributed by atoms with Gasteiger partial charge in [0.25, 0.3) is 0 Å². The van der Waals surface area contributed by atoms with Gasteiger partial charge in [-0.3, -0.25) is 0 Å². The van der Waals surface area contributed by atoms with Gasteiger partial charge in [-0.15, -0.1) is 0 Å². The predicted octanol–water partition coefficient (Wildman–Crippen LogP) is 3.21. The molecule has 0 spiro atoms. The number of nitrogens with zero attached hydrogens (tertiary/aromatic N) is 3. The van der Waals surface area contributed by atoms with E-state index in [2.05, 4.69) is 59.8 Å². The zero-order chi connectivity index (χ0) is 14.8. The molecule has 2 aromatic heterocycles. The van der Waals surface area contributed by atoms with E-state index in [1.807, 2.05) is 0 Å². The second kappa shape index (κ2) is 6.06. The van der Waals surface area contributed by atoms with Crippen LogP contribution in [0.5, 0.6) is 0 Å². The molecule has 1 saturated heterocycles. The Morgan fingerprint density at radius 3 is 2.90 bits per heavy atom. The molecule has 114 valence electrons. The van der Waals surface area contributed by atoms with E-state index < -0.39 is 0 Å². The summed E-state index contributed by atoms with van der Waals surface area (Å²) in [7, 11) is 0. The topological polar surface area (TPSA) is 32.6 Å². The van der Waals surface area contributed by atoms with Crippen LogP contribution < -0.4 is 10.2 Å². The van der Waals surface area contributed by atoms with Gasteiger partial charge in [0.15, 0.2) is 5.82 Å². The van der Waals surface area contributed by atoms with Crippen molar-refractivity contribution in [2.45, 2.75) is 58.7 Å². The molecule has 1 aliphatic heterocycles. The van der Waals surface area contributed by atoms with Crippen LogP contribution in [0.4, 0.5) is 5.82 Å². The fourth-order valence-electron chi connectivity index (χ4n) is 3.50. The number of hydrogen-bond acceptors (Lipinski definition) is 3. The molecule has 1 N–H and O–H groups in total. The van der Waals surface area contributed by atoms with Gasteiger partial charge in [-0.1, -0.05) is 19.9 Å². The summed E-state index contributed by atoms with van der Waals surface area (Å²) in [5, 5.41) is 3.47. The summed E-state index contributed by atoms with van der Waals surface area (Å²) < 4.78 is 2.23. The molecule has 0 bridgehead atoms. The third-order valence-corrected chi connectivity index (χ3v) is 4.65. The first kappa shape index (κ1) is 14.4. The number of aromatic nitrogens is 2. The second-order valence-corrected chi connectivity index (χ2v) is 5.99. The number of rotatable bonds is 5. The van der Waals surface area contributed by atoms with Gasteiger partial charge in [0.05, 0.1) is 5.69 Å². The van der Waals surface area contributed by atoms with E-state index in [9.17, 15) is 0 Å². The van der Waals surface area contributed by atoms with Crippen molar-refractivity contribution >= 4 is 11.5 Å². The quantitative estimate of drug-likeness (QED) is 0.916. The summed E-state index contributed by atoms with van der Waals surface area (Å²) >= 11 is 0. The highest BCUT2D eigenvalue weighted by Crippen LogP contribution is 2.34. The number of hydrogen-bond donors (Lipinski definition) is 1. The number of anilines is 1. The Kier molecular flexibility index (Phi) is 4.15. The van der Waals surface area contributed by atoms with E-state index in [1.165, 1.54) is 30.8 Å². The lowest BCUT2D eigenvalue weighted by Crippen LogP contribution is -2.35. The lowest BCUT2D eigenvalue weighted by molar-refractivity contribution is 0.614. The van der Waals surface area contributed by atoms with Crippen molar-refractivity contribution < 1.29 is 0 Å². The Balaban J connectivity index is 2.07. The Hall–Kier alpha value is -1.55. The molecular weight excluding hydrogens is 260 g/mol. The minimum absolute atomic E-state index is 0.584. The molecule has 2 unspecified atom stereocenters. The van der Waals surface area contributed by atoms with Gasteiger partial charge < -0.3 is 14.6 Å². The monoisotopic (exact) mass is 286 g/mol. The molecule has 4 nitrogen and oxygen atoms in total. The molecule has 0 saturated carbocycles. The van der Waals surface area contributed by atoms with Gasteiger partial charge in [0, 0.05) is 24.8 Å². The van der Waals surface area contributed by atoms with Crippen LogP contribution in [0.3, 0.4) is 0 Å². The molecule has 21 heavy (non-hydrogen) atoms. The molecular formula is C17H26N4. The second-order valence-electron chi connectivity index (χ2n) is 5.99. The maximum atomic E-state index is 4.95. The average Bonchev–Trinajstić information content (AvgIpc) is 3.05. The minimum Gasteiger partial charge on any atom is -0.349 e. The molecule has 1 aliphatic rings. The summed E-state index contributed by atoms with van der Waals surface area (Å²) in [5.74, 6) is 1.18. The Morgan fingerprint density at radius 2 is 2.14 bits per heavy atom. The number of fused-ring (bicyclic) bond motifs is 1. The molecule has 0 amide bonds. The van der Waals surface area contributed by atoms with E-state index in [1.54, 1.807) is 0 Å². The third kappa shape index (κ3) is 2.53. The van der Waals surface area contributed by atoms with Crippen LogP contribution in [0.2, 0.25) is 0 Å². The van der Waals surface area contributed by atoms with Crippen LogP contribution in [-0.2, 0) is 6.54 Å². The van der Waals surface area contributed by atoms with Crippen LogP contribution in [-0.4, -0.2) is 28.0 Å². The smallest absolute Gasteiger partial charge is 0.152 e. The minimum atomic E-state index is 0.584. The first-order valence-electron chi connectivity index (χ1n) is 8.21. The first-order valence-corrected chi connectivity index (χ1v) is 8.21. The Morgan fingerprint density at radius 1 is 1.29 bits per heavy atom. The van der Waals surface area contributed by atoms with Crippen LogP contribution in [0, 0.1) is 0 Å². The molecule has 2 atom stereocenters. The van der Waals surface area contributed by atoms with Crippen molar-refractivity contribution in [3.63, 3.8) is 0 Å². The summed E-state index contributed by atoms with van der Waals surface area (Å²) in [6, 6.07) is 7.46. The van der Waals surface area contributed by atoms with Crippen molar-refractivity contribution in [1.82, 2.24) is 14.7 Å². The number of imidazole rings is 1. The molecule has 1 fully saturated rings. The van der Waals surface area contributed by atoms with Crippen molar-refractivity contribution in [2.75, 3.05) is 11.4 Å². The molecule has 3 heterocycles. The van der Waals surface area contributed by atoms with E-state index in [-0.39, 0.29) is 0 Å². The summed E-state index contributed by atoms with van der Waals surface area (Å²) in [6.07, 6.45) is 5.87. The lowest BCUT2D eigenvalue weighted by atomic mass is 10.1. The summed E-state index contributed by atoms with van der Waals surface area (Å²) in [4.78, 5) is 7.50. The highest BCUT2D eigenvalue weighted by molar-refractivity contribution is 5.57. The molecule has 3 rings (SSSR count). The number of pyridine rings is 1.